The fourth-order valence-corrected chi connectivity index (χ4v) is 1.11. The number of rotatable bonds is 3. The van der Waals surface area contributed by atoms with E-state index in [2.05, 4.69) is 4.74 Å². The van der Waals surface area contributed by atoms with Crippen molar-refractivity contribution in [1.82, 2.24) is 0 Å². The molecule has 0 saturated heterocycles. The molecule has 0 aromatic heterocycles. The van der Waals surface area contributed by atoms with E-state index in [9.17, 15) is 9.59 Å². The molecule has 0 aliphatic heterocycles. The summed E-state index contributed by atoms with van der Waals surface area (Å²) in [7, 11) is 2.80. The third kappa shape index (κ3) is 2.77. The van der Waals surface area contributed by atoms with Gasteiger partial charge in [-0.1, -0.05) is 0 Å². The normalized spacial score (nSPS) is 9.53. The van der Waals surface area contributed by atoms with E-state index in [1.165, 1.54) is 26.4 Å². The molecular formula is C10H11NO6. The lowest BCUT2D eigenvalue weighted by molar-refractivity contribution is -0.158. The first-order valence-corrected chi connectivity index (χ1v) is 4.46. The molecule has 0 bridgehead atoms. The molecule has 1 aromatic carbocycles. The molecule has 92 valence electrons. The Kier molecular flexibility index (Phi) is 3.76. The lowest BCUT2D eigenvalue weighted by atomic mass is 10.2. The summed E-state index contributed by atoms with van der Waals surface area (Å²) in [5, 5.41) is 8.39. The highest BCUT2D eigenvalue weighted by Crippen LogP contribution is 2.36. The van der Waals surface area contributed by atoms with Gasteiger partial charge < -0.3 is 25.1 Å². The van der Waals surface area contributed by atoms with Gasteiger partial charge in [-0.25, -0.2) is 9.59 Å². The molecule has 3 N–H and O–H groups in total. The lowest BCUT2D eigenvalue weighted by Gasteiger charge is -2.11. The minimum absolute atomic E-state index is 0.0669. The first-order valence-electron chi connectivity index (χ1n) is 4.46. The maximum atomic E-state index is 10.9. The highest BCUT2D eigenvalue weighted by atomic mass is 16.6. The van der Waals surface area contributed by atoms with E-state index >= 15 is 0 Å². The Morgan fingerprint density at radius 3 is 2.12 bits per heavy atom. The number of aliphatic carboxylic acids is 1. The molecule has 0 amide bonds. The van der Waals surface area contributed by atoms with Crippen molar-refractivity contribution in [3.8, 4) is 17.2 Å². The van der Waals surface area contributed by atoms with Crippen molar-refractivity contribution in [3.63, 3.8) is 0 Å². The number of hydrogen-bond acceptors (Lipinski definition) is 6. The summed E-state index contributed by atoms with van der Waals surface area (Å²) in [5.41, 5.74) is 5.63. The van der Waals surface area contributed by atoms with Crippen LogP contribution in [-0.2, 0) is 9.59 Å². The van der Waals surface area contributed by atoms with Crippen molar-refractivity contribution >= 4 is 17.6 Å². The topological polar surface area (TPSA) is 108 Å². The van der Waals surface area contributed by atoms with Gasteiger partial charge in [0.05, 0.1) is 19.9 Å². The fourth-order valence-electron chi connectivity index (χ4n) is 1.11. The predicted octanol–water partition coefficient (Wildman–Crippen LogP) is 0.276. The van der Waals surface area contributed by atoms with E-state index in [0.717, 1.165) is 0 Å². The van der Waals surface area contributed by atoms with Gasteiger partial charge >= 0.3 is 11.9 Å². The summed E-state index contributed by atoms with van der Waals surface area (Å²) < 4.78 is 14.5. The van der Waals surface area contributed by atoms with Crippen molar-refractivity contribution in [3.05, 3.63) is 12.1 Å². The first-order chi connectivity index (χ1) is 7.99. The zero-order chi connectivity index (χ0) is 13.0. The summed E-state index contributed by atoms with van der Waals surface area (Å²) in [6.07, 6.45) is 0. The third-order valence-electron chi connectivity index (χ3n) is 1.89. The number of benzene rings is 1. The highest BCUT2D eigenvalue weighted by Gasteiger charge is 2.18. The average molecular weight is 241 g/mol. The van der Waals surface area contributed by atoms with Crippen molar-refractivity contribution in [2.24, 2.45) is 0 Å². The minimum atomic E-state index is -1.71. The predicted molar refractivity (Wildman–Crippen MR) is 57.2 cm³/mol. The van der Waals surface area contributed by atoms with Gasteiger partial charge in [-0.2, -0.15) is 0 Å². The molecule has 0 heterocycles. The molecule has 0 atom stereocenters. The van der Waals surface area contributed by atoms with Gasteiger partial charge in [0.2, 0.25) is 0 Å². The fraction of sp³-hybridized carbons (Fsp3) is 0.200. The maximum absolute atomic E-state index is 10.9. The van der Waals surface area contributed by atoms with Crippen molar-refractivity contribution in [2.75, 3.05) is 20.0 Å². The Bertz CT molecular complexity index is 456. The van der Waals surface area contributed by atoms with Crippen LogP contribution in [0.15, 0.2) is 12.1 Å². The van der Waals surface area contributed by atoms with E-state index in [1.807, 2.05) is 0 Å². The summed E-state index contributed by atoms with van der Waals surface area (Å²) in [6, 6.07) is 2.64. The number of carbonyl (C=O) groups is 2. The van der Waals surface area contributed by atoms with Crippen LogP contribution in [0.4, 0.5) is 5.69 Å². The van der Waals surface area contributed by atoms with E-state index in [0.29, 0.717) is 5.75 Å². The summed E-state index contributed by atoms with van der Waals surface area (Å²) >= 11 is 0. The minimum Gasteiger partial charge on any atom is -0.493 e. The molecule has 17 heavy (non-hydrogen) atoms. The largest absolute Gasteiger partial charge is 0.493 e. The standard InChI is InChI=1S/C10H11NO6/c1-15-7-3-5(11)6(4-8(7)16-2)17-10(14)9(12)13/h3-4H,11H2,1-2H3,(H,12,13). The maximum Gasteiger partial charge on any atom is 0.422 e. The molecule has 0 unspecified atom stereocenters. The molecule has 0 aliphatic rings. The van der Waals surface area contributed by atoms with Crippen molar-refractivity contribution in [1.29, 1.82) is 0 Å². The molecule has 1 aromatic rings. The van der Waals surface area contributed by atoms with Crippen LogP contribution in [-0.4, -0.2) is 31.3 Å². The molecule has 7 nitrogen and oxygen atoms in total. The van der Waals surface area contributed by atoms with Gasteiger partial charge in [-0.3, -0.25) is 0 Å². The molecule has 0 radical (unpaired) electrons. The third-order valence-corrected chi connectivity index (χ3v) is 1.89. The first kappa shape index (κ1) is 12.6. The van der Waals surface area contributed by atoms with Crippen LogP contribution in [0.2, 0.25) is 0 Å². The van der Waals surface area contributed by atoms with Crippen LogP contribution in [0.1, 0.15) is 0 Å². The number of esters is 1. The Morgan fingerprint density at radius 2 is 1.65 bits per heavy atom. The van der Waals surface area contributed by atoms with Crippen LogP contribution in [0, 0.1) is 0 Å². The number of nitrogen functional groups attached to an aromatic ring is 1. The van der Waals surface area contributed by atoms with Gasteiger partial charge in [0.15, 0.2) is 17.2 Å². The number of nitrogens with two attached hydrogens (primary N) is 1. The number of carbonyl (C=O) groups excluding carboxylic acids is 1. The van der Waals surface area contributed by atoms with E-state index in [4.69, 9.17) is 20.3 Å². The SMILES string of the molecule is COc1cc(N)c(OC(=O)C(=O)O)cc1OC. The van der Waals surface area contributed by atoms with Crippen molar-refractivity contribution < 1.29 is 28.9 Å². The second-order valence-electron chi connectivity index (χ2n) is 2.94. The Labute approximate surface area is 96.7 Å². The number of ether oxygens (including phenoxy) is 3. The summed E-state index contributed by atoms with van der Waals surface area (Å²) in [5.74, 6) is -2.62. The van der Waals surface area contributed by atoms with E-state index in [1.54, 1.807) is 0 Å². The molecule has 1 rings (SSSR count). The average Bonchev–Trinajstić information content (AvgIpc) is 2.30. The molecule has 0 fully saturated rings. The number of hydrogen-bond donors (Lipinski definition) is 2. The van der Waals surface area contributed by atoms with Crippen LogP contribution < -0.4 is 19.9 Å². The number of carboxylic acids is 1. The second kappa shape index (κ2) is 5.06. The molecule has 0 saturated carbocycles. The van der Waals surface area contributed by atoms with Gasteiger partial charge in [-0.05, 0) is 0 Å². The summed E-state index contributed by atoms with van der Waals surface area (Å²) in [4.78, 5) is 21.2. The van der Waals surface area contributed by atoms with Gasteiger partial charge in [0.1, 0.15) is 0 Å². The molecular weight excluding hydrogens is 230 g/mol. The van der Waals surface area contributed by atoms with Crippen LogP contribution in [0.5, 0.6) is 17.2 Å². The zero-order valence-electron chi connectivity index (χ0n) is 9.22. The molecule has 0 aliphatic carbocycles. The van der Waals surface area contributed by atoms with Crippen LogP contribution in [0.25, 0.3) is 0 Å². The Balaban J connectivity index is 3.08. The Hall–Kier alpha value is -2.44. The number of methoxy groups -OCH3 is 2. The Morgan fingerprint density at radius 1 is 1.12 bits per heavy atom. The van der Waals surface area contributed by atoms with Crippen molar-refractivity contribution in [2.45, 2.75) is 0 Å². The van der Waals surface area contributed by atoms with Gasteiger partial charge in [0.25, 0.3) is 0 Å². The monoisotopic (exact) mass is 241 g/mol. The van der Waals surface area contributed by atoms with Gasteiger partial charge in [-0.15, -0.1) is 0 Å². The second-order valence-corrected chi connectivity index (χ2v) is 2.94. The van der Waals surface area contributed by atoms with Crippen LogP contribution in [0.3, 0.4) is 0 Å². The highest BCUT2D eigenvalue weighted by molar-refractivity contribution is 6.29. The number of anilines is 1. The van der Waals surface area contributed by atoms with E-state index < -0.39 is 11.9 Å². The molecule has 7 heteroatoms. The number of carboxylic acid groups (broad SMARTS) is 1. The van der Waals surface area contributed by atoms with E-state index in [-0.39, 0.29) is 17.2 Å². The smallest absolute Gasteiger partial charge is 0.422 e. The van der Waals surface area contributed by atoms with Crippen LogP contribution >= 0.6 is 0 Å². The quantitative estimate of drug-likeness (QED) is 0.338. The van der Waals surface area contributed by atoms with Gasteiger partial charge in [0, 0.05) is 12.1 Å². The zero-order valence-corrected chi connectivity index (χ0v) is 9.22. The molecule has 0 spiro atoms. The lowest BCUT2D eigenvalue weighted by Crippen LogP contribution is -2.19. The summed E-state index contributed by atoms with van der Waals surface area (Å²) in [6.45, 7) is 0.